The van der Waals surface area contributed by atoms with E-state index in [9.17, 15) is 14.7 Å². The Morgan fingerprint density at radius 3 is 2.96 bits per heavy atom. The molecule has 138 valence electrons. The summed E-state index contributed by atoms with van der Waals surface area (Å²) in [5, 5.41) is 14.1. The average molecular weight is 357 g/mol. The van der Waals surface area contributed by atoms with E-state index < -0.39 is 11.4 Å². The first kappa shape index (κ1) is 16.9. The molecule has 1 amide bonds. The van der Waals surface area contributed by atoms with E-state index in [0.29, 0.717) is 25.1 Å². The van der Waals surface area contributed by atoms with Gasteiger partial charge < -0.3 is 25.0 Å². The Balaban J connectivity index is 1.61. The van der Waals surface area contributed by atoms with Crippen LogP contribution in [0.2, 0.25) is 0 Å². The fourth-order valence-electron chi connectivity index (χ4n) is 4.34. The minimum Gasteiger partial charge on any atom is -0.497 e. The minimum atomic E-state index is -0.888. The Hall–Kier alpha value is -2.54. The third kappa shape index (κ3) is 2.63. The summed E-state index contributed by atoms with van der Waals surface area (Å²) in [6.45, 7) is 1.65. The number of hydrogen-bond acceptors (Lipinski definition) is 4. The van der Waals surface area contributed by atoms with E-state index in [4.69, 9.17) is 4.74 Å². The molecule has 2 atom stereocenters. The van der Waals surface area contributed by atoms with Crippen molar-refractivity contribution in [3.8, 4) is 5.75 Å². The van der Waals surface area contributed by atoms with Gasteiger partial charge in [0, 0.05) is 30.0 Å². The molecule has 0 bridgehead atoms. The maximum Gasteiger partial charge on any atom is 0.313 e. The van der Waals surface area contributed by atoms with Crippen LogP contribution in [0.3, 0.4) is 0 Å². The summed E-state index contributed by atoms with van der Waals surface area (Å²) in [6.07, 6.45) is 2.08. The molecule has 0 unspecified atom stereocenters. The number of rotatable bonds is 3. The van der Waals surface area contributed by atoms with Gasteiger partial charge in [0.1, 0.15) is 16.9 Å². The number of aliphatic carboxylic acids is 1. The van der Waals surface area contributed by atoms with Crippen molar-refractivity contribution in [1.82, 2.24) is 15.2 Å². The number of methoxy groups -OCH3 is 1. The molecule has 2 aliphatic rings. The van der Waals surface area contributed by atoms with Crippen LogP contribution >= 0.6 is 0 Å². The maximum atomic E-state index is 13.0. The largest absolute Gasteiger partial charge is 0.497 e. The number of aromatic amines is 1. The highest BCUT2D eigenvalue weighted by atomic mass is 16.5. The molecule has 3 heterocycles. The Kier molecular flexibility index (Phi) is 4.11. The molecule has 0 radical (unpaired) electrons. The van der Waals surface area contributed by atoms with Gasteiger partial charge in [0.15, 0.2) is 0 Å². The molecule has 7 nitrogen and oxygen atoms in total. The quantitative estimate of drug-likeness (QED) is 0.779. The molecule has 2 saturated heterocycles. The van der Waals surface area contributed by atoms with Crippen LogP contribution < -0.4 is 10.1 Å². The lowest BCUT2D eigenvalue weighted by molar-refractivity contribution is -0.156. The van der Waals surface area contributed by atoms with Crippen LogP contribution in [-0.2, 0) is 4.79 Å². The van der Waals surface area contributed by atoms with Gasteiger partial charge in [-0.1, -0.05) is 0 Å². The Morgan fingerprint density at radius 1 is 1.35 bits per heavy atom. The molecule has 3 N–H and O–H groups in total. The number of likely N-dealkylation sites (tertiary alicyclic amines) is 1. The summed E-state index contributed by atoms with van der Waals surface area (Å²) in [5.41, 5.74) is 0.453. The molecule has 0 saturated carbocycles. The summed E-state index contributed by atoms with van der Waals surface area (Å²) >= 11 is 0. The second-order valence-corrected chi connectivity index (χ2v) is 7.22. The summed E-state index contributed by atoms with van der Waals surface area (Å²) in [5.74, 6) is -0.229. The molecular formula is C19H23N3O4. The Morgan fingerprint density at radius 2 is 2.19 bits per heavy atom. The van der Waals surface area contributed by atoms with Gasteiger partial charge >= 0.3 is 5.97 Å². The van der Waals surface area contributed by atoms with Crippen molar-refractivity contribution in [1.29, 1.82) is 0 Å². The van der Waals surface area contributed by atoms with Gasteiger partial charge in [-0.15, -0.1) is 0 Å². The van der Waals surface area contributed by atoms with Crippen molar-refractivity contribution in [2.24, 2.45) is 5.41 Å². The number of H-pyrrole nitrogens is 1. The van der Waals surface area contributed by atoms with E-state index in [0.717, 1.165) is 29.6 Å². The molecule has 4 rings (SSSR count). The first-order valence-electron chi connectivity index (χ1n) is 8.96. The van der Waals surface area contributed by atoms with Crippen molar-refractivity contribution in [2.45, 2.75) is 25.3 Å². The molecule has 1 aromatic heterocycles. The number of piperidine rings is 2. The number of benzene rings is 1. The molecule has 2 aromatic rings. The highest BCUT2D eigenvalue weighted by Gasteiger charge is 2.51. The van der Waals surface area contributed by atoms with Gasteiger partial charge in [-0.2, -0.15) is 0 Å². The summed E-state index contributed by atoms with van der Waals surface area (Å²) < 4.78 is 5.23. The number of aromatic nitrogens is 1. The zero-order valence-electron chi connectivity index (χ0n) is 14.7. The number of nitrogens with one attached hydrogen (secondary N) is 2. The second-order valence-electron chi connectivity index (χ2n) is 7.22. The number of nitrogens with zero attached hydrogens (tertiary/aromatic N) is 1. The van der Waals surface area contributed by atoms with Gasteiger partial charge in [-0.05, 0) is 50.1 Å². The highest BCUT2D eigenvalue weighted by Crippen LogP contribution is 2.38. The first-order chi connectivity index (χ1) is 12.5. The maximum absolute atomic E-state index is 13.0. The van der Waals surface area contributed by atoms with Crippen molar-refractivity contribution in [3.63, 3.8) is 0 Å². The van der Waals surface area contributed by atoms with E-state index in [1.165, 1.54) is 0 Å². The van der Waals surface area contributed by atoms with Crippen LogP contribution in [-0.4, -0.2) is 59.7 Å². The third-order valence-electron chi connectivity index (χ3n) is 5.79. The second kappa shape index (κ2) is 6.32. The molecule has 7 heteroatoms. The zero-order chi connectivity index (χ0) is 18.3. The molecule has 2 aliphatic heterocycles. The topological polar surface area (TPSA) is 94.7 Å². The summed E-state index contributed by atoms with van der Waals surface area (Å²) in [4.78, 5) is 29.9. The van der Waals surface area contributed by atoms with Crippen molar-refractivity contribution in [2.75, 3.05) is 26.7 Å². The van der Waals surface area contributed by atoms with Gasteiger partial charge in [0.2, 0.25) is 0 Å². The number of fused-ring (bicyclic) bond motifs is 2. The molecule has 1 aromatic carbocycles. The normalized spacial score (nSPS) is 25.7. The molecule has 2 fully saturated rings. The first-order valence-corrected chi connectivity index (χ1v) is 8.96. The van der Waals surface area contributed by atoms with Crippen LogP contribution in [0.4, 0.5) is 0 Å². The standard InChI is InChI=1S/C19H23N3O4/c1-26-13-3-4-14-12(9-13)10-15(21-14)17(23)22-8-5-16-19(11-22,18(24)25)6-2-7-20-16/h3-4,9-10,16,20-21H,2,5-8,11H2,1H3,(H,24,25)/t16-,19+/m1/s1. The van der Waals surface area contributed by atoms with Crippen LogP contribution in [0.1, 0.15) is 29.8 Å². The van der Waals surface area contributed by atoms with Crippen molar-refractivity contribution < 1.29 is 19.4 Å². The number of carboxylic acids is 1. The average Bonchev–Trinajstić information content (AvgIpc) is 3.09. The van der Waals surface area contributed by atoms with E-state index in [2.05, 4.69) is 10.3 Å². The highest BCUT2D eigenvalue weighted by molar-refractivity contribution is 5.98. The molecule has 0 aliphatic carbocycles. The lowest BCUT2D eigenvalue weighted by Crippen LogP contribution is -2.63. The van der Waals surface area contributed by atoms with Gasteiger partial charge in [0.05, 0.1) is 7.11 Å². The predicted octanol–water partition coefficient (Wildman–Crippen LogP) is 1.85. The fourth-order valence-corrected chi connectivity index (χ4v) is 4.34. The third-order valence-corrected chi connectivity index (χ3v) is 5.79. The molecular weight excluding hydrogens is 334 g/mol. The Bertz CT molecular complexity index is 862. The van der Waals surface area contributed by atoms with E-state index >= 15 is 0 Å². The molecule has 26 heavy (non-hydrogen) atoms. The number of amides is 1. The van der Waals surface area contributed by atoms with E-state index in [-0.39, 0.29) is 18.5 Å². The van der Waals surface area contributed by atoms with Crippen molar-refractivity contribution in [3.05, 3.63) is 30.0 Å². The number of carbonyl (C=O) groups is 2. The smallest absolute Gasteiger partial charge is 0.313 e. The van der Waals surface area contributed by atoms with Gasteiger partial charge in [-0.3, -0.25) is 9.59 Å². The summed E-state index contributed by atoms with van der Waals surface area (Å²) in [7, 11) is 1.60. The summed E-state index contributed by atoms with van der Waals surface area (Å²) in [6, 6.07) is 7.33. The lowest BCUT2D eigenvalue weighted by Gasteiger charge is -2.48. The Labute approximate surface area is 151 Å². The van der Waals surface area contributed by atoms with E-state index in [1.807, 2.05) is 18.2 Å². The lowest BCUT2D eigenvalue weighted by atomic mass is 9.70. The minimum absolute atomic E-state index is 0.0650. The van der Waals surface area contributed by atoms with Gasteiger partial charge in [-0.25, -0.2) is 0 Å². The number of carboxylic acid groups (broad SMARTS) is 1. The van der Waals surface area contributed by atoms with E-state index in [1.54, 1.807) is 18.1 Å². The zero-order valence-corrected chi connectivity index (χ0v) is 14.7. The number of ether oxygens (including phenoxy) is 1. The fraction of sp³-hybridized carbons (Fsp3) is 0.474. The van der Waals surface area contributed by atoms with Crippen molar-refractivity contribution >= 4 is 22.8 Å². The monoisotopic (exact) mass is 357 g/mol. The predicted molar refractivity (Wildman–Crippen MR) is 96.5 cm³/mol. The van der Waals surface area contributed by atoms with Crippen LogP contribution in [0, 0.1) is 5.41 Å². The number of carbonyl (C=O) groups excluding carboxylic acids is 1. The van der Waals surface area contributed by atoms with Crippen LogP contribution in [0.15, 0.2) is 24.3 Å². The number of hydrogen-bond donors (Lipinski definition) is 3. The molecule has 0 spiro atoms. The van der Waals surface area contributed by atoms with Crippen LogP contribution in [0.25, 0.3) is 10.9 Å². The van der Waals surface area contributed by atoms with Gasteiger partial charge in [0.25, 0.3) is 5.91 Å². The SMILES string of the molecule is COc1ccc2[nH]c(C(=O)N3CC[C@H]4NCCC[C@]4(C(=O)O)C3)cc2c1. The van der Waals surface area contributed by atoms with Crippen LogP contribution in [0.5, 0.6) is 5.75 Å².